The topological polar surface area (TPSA) is 139 Å². The molecule has 4 atom stereocenters. The number of carbonyl (C=O) groups is 4. The average molecular weight is 529 g/mol. The fourth-order valence-electron chi connectivity index (χ4n) is 5.21. The Labute approximate surface area is 221 Å². The number of nitrogens with zero attached hydrogens (tertiary/aromatic N) is 1. The molecule has 3 N–H and O–H groups in total. The number of ether oxygens (including phenoxy) is 3. The van der Waals surface area contributed by atoms with Gasteiger partial charge >= 0.3 is 5.97 Å². The highest BCUT2D eigenvalue weighted by Gasteiger charge is 2.43. The molecule has 0 bridgehead atoms. The quantitative estimate of drug-likeness (QED) is 0.444. The summed E-state index contributed by atoms with van der Waals surface area (Å²) in [6.45, 7) is 6.47. The molecule has 3 heterocycles. The van der Waals surface area contributed by atoms with E-state index >= 15 is 0 Å². The van der Waals surface area contributed by atoms with E-state index in [1.165, 1.54) is 12.0 Å². The molecule has 2 aliphatic rings. The van der Waals surface area contributed by atoms with Crippen LogP contribution in [0.1, 0.15) is 50.5 Å². The number of nitrogens with one attached hydrogen (secondary N) is 3. The lowest BCUT2D eigenvalue weighted by atomic mass is 9.98. The van der Waals surface area contributed by atoms with E-state index < -0.39 is 35.5 Å². The van der Waals surface area contributed by atoms with Crippen LogP contribution in [0, 0.1) is 5.92 Å². The highest BCUT2D eigenvalue weighted by atomic mass is 16.5. The zero-order valence-corrected chi connectivity index (χ0v) is 22.5. The third kappa shape index (κ3) is 5.93. The monoisotopic (exact) mass is 528 g/mol. The number of benzene rings is 1. The summed E-state index contributed by atoms with van der Waals surface area (Å²) in [5.74, 6) is -1.44. The molecule has 1 aromatic heterocycles. The van der Waals surface area contributed by atoms with Crippen LogP contribution < -0.4 is 15.4 Å². The summed E-state index contributed by atoms with van der Waals surface area (Å²) in [6.07, 6.45) is 0.567. The average Bonchev–Trinajstić information content (AvgIpc) is 3.59. The van der Waals surface area contributed by atoms with Gasteiger partial charge in [-0.1, -0.05) is 6.07 Å². The number of likely N-dealkylation sites (tertiary alicyclic amines) is 1. The molecule has 0 spiro atoms. The Balaban J connectivity index is 1.58. The van der Waals surface area contributed by atoms with Crippen LogP contribution in [0.4, 0.5) is 0 Å². The lowest BCUT2D eigenvalue weighted by Gasteiger charge is -2.26. The molecule has 0 unspecified atom stereocenters. The largest absolute Gasteiger partial charge is 0.496 e. The van der Waals surface area contributed by atoms with E-state index in [9.17, 15) is 19.2 Å². The Bertz CT molecular complexity index is 1220. The van der Waals surface area contributed by atoms with Gasteiger partial charge in [0.25, 0.3) is 5.91 Å². The van der Waals surface area contributed by atoms with E-state index in [1.54, 1.807) is 19.2 Å². The van der Waals surface area contributed by atoms with Crippen LogP contribution in [0.5, 0.6) is 5.75 Å². The van der Waals surface area contributed by atoms with Crippen molar-refractivity contribution in [2.75, 3.05) is 27.3 Å². The maximum Gasteiger partial charge on any atom is 0.328 e. The molecular formula is C27H36N4O7. The Kier molecular flexibility index (Phi) is 7.96. The lowest BCUT2D eigenvalue weighted by molar-refractivity contribution is -0.146. The molecular weight excluding hydrogens is 492 g/mol. The zero-order valence-electron chi connectivity index (χ0n) is 22.5. The normalized spacial score (nSPS) is 22.3. The van der Waals surface area contributed by atoms with Crippen LogP contribution in [0.25, 0.3) is 10.9 Å². The Morgan fingerprint density at radius 2 is 1.97 bits per heavy atom. The van der Waals surface area contributed by atoms with Crippen LogP contribution in [0.15, 0.2) is 24.3 Å². The maximum atomic E-state index is 13.7. The number of aromatic nitrogens is 1. The van der Waals surface area contributed by atoms with Crippen molar-refractivity contribution >= 4 is 34.6 Å². The number of rotatable bonds is 8. The SMILES string of the molecule is COC(=O)[C@H](C[C@@H]1CCNC1=O)NC(=O)[C@@H]1C[C@@H](OC(C)(C)C)CN1C(=O)c1cc2c(OC)cccc2[nH]1. The van der Waals surface area contributed by atoms with Crippen molar-refractivity contribution in [1.82, 2.24) is 20.5 Å². The molecule has 206 valence electrons. The van der Waals surface area contributed by atoms with Gasteiger partial charge in [0.1, 0.15) is 23.5 Å². The number of hydrogen-bond donors (Lipinski definition) is 3. The summed E-state index contributed by atoms with van der Waals surface area (Å²) in [6, 6.07) is 5.28. The van der Waals surface area contributed by atoms with Crippen LogP contribution in [-0.4, -0.2) is 84.7 Å². The van der Waals surface area contributed by atoms with Gasteiger partial charge in [0.2, 0.25) is 11.8 Å². The van der Waals surface area contributed by atoms with Gasteiger partial charge in [0.05, 0.1) is 25.9 Å². The summed E-state index contributed by atoms with van der Waals surface area (Å²) in [4.78, 5) is 56.5. The van der Waals surface area contributed by atoms with E-state index in [-0.39, 0.29) is 37.3 Å². The predicted molar refractivity (Wildman–Crippen MR) is 139 cm³/mol. The summed E-state index contributed by atoms with van der Waals surface area (Å²) in [5, 5.41) is 6.24. The second-order valence-electron chi connectivity index (χ2n) is 10.8. The van der Waals surface area contributed by atoms with Gasteiger partial charge in [-0.15, -0.1) is 0 Å². The first-order valence-corrected chi connectivity index (χ1v) is 12.8. The van der Waals surface area contributed by atoms with Crippen molar-refractivity contribution in [3.05, 3.63) is 30.0 Å². The molecule has 2 fully saturated rings. The number of amides is 3. The predicted octanol–water partition coefficient (Wildman–Crippen LogP) is 1.76. The molecule has 38 heavy (non-hydrogen) atoms. The Hall–Kier alpha value is -3.60. The number of aromatic amines is 1. The van der Waals surface area contributed by atoms with Gasteiger partial charge in [0, 0.05) is 36.3 Å². The standard InChI is InChI=1S/C27H36N4O7/c1-27(2,3)38-16-12-21(24(33)30-20(26(35)37-5)11-15-9-10-28-23(15)32)31(14-16)25(34)19-13-17-18(29-19)7-6-8-22(17)36-4/h6-8,13,15-16,20-21,29H,9-12,14H2,1-5H3,(H,28,32)(H,30,33)/t15-,16+,20-,21-/m0/s1. The molecule has 0 radical (unpaired) electrons. The first kappa shape index (κ1) is 27.4. The summed E-state index contributed by atoms with van der Waals surface area (Å²) >= 11 is 0. The van der Waals surface area contributed by atoms with Crippen molar-refractivity contribution in [2.45, 2.75) is 63.8 Å². The molecule has 2 saturated heterocycles. The lowest BCUT2D eigenvalue weighted by Crippen LogP contribution is -2.51. The van der Waals surface area contributed by atoms with Crippen molar-refractivity contribution in [1.29, 1.82) is 0 Å². The number of H-pyrrole nitrogens is 1. The van der Waals surface area contributed by atoms with Gasteiger partial charge in [-0.2, -0.15) is 0 Å². The highest BCUT2D eigenvalue weighted by molar-refractivity contribution is 6.02. The second-order valence-corrected chi connectivity index (χ2v) is 10.8. The molecule has 4 rings (SSSR count). The fourth-order valence-corrected chi connectivity index (χ4v) is 5.21. The van der Waals surface area contributed by atoms with Crippen molar-refractivity contribution < 1.29 is 33.4 Å². The van der Waals surface area contributed by atoms with Crippen molar-refractivity contribution in [2.24, 2.45) is 5.92 Å². The van der Waals surface area contributed by atoms with E-state index in [1.807, 2.05) is 32.9 Å². The first-order chi connectivity index (χ1) is 18.0. The number of esters is 1. The smallest absolute Gasteiger partial charge is 0.328 e. The minimum absolute atomic E-state index is 0.120. The van der Waals surface area contributed by atoms with Gasteiger partial charge in [-0.25, -0.2) is 4.79 Å². The number of methoxy groups -OCH3 is 2. The Morgan fingerprint density at radius 1 is 1.21 bits per heavy atom. The van der Waals surface area contributed by atoms with Gasteiger partial charge in [-0.05, 0) is 51.8 Å². The van der Waals surface area contributed by atoms with E-state index in [0.29, 0.717) is 24.4 Å². The van der Waals surface area contributed by atoms with Gasteiger partial charge in [0.15, 0.2) is 0 Å². The van der Waals surface area contributed by atoms with E-state index in [2.05, 4.69) is 15.6 Å². The van der Waals surface area contributed by atoms with Crippen molar-refractivity contribution in [3.63, 3.8) is 0 Å². The van der Waals surface area contributed by atoms with Crippen LogP contribution in [0.2, 0.25) is 0 Å². The van der Waals surface area contributed by atoms with Crippen LogP contribution >= 0.6 is 0 Å². The molecule has 0 saturated carbocycles. The summed E-state index contributed by atoms with van der Waals surface area (Å²) in [7, 11) is 2.80. The molecule has 1 aromatic carbocycles. The minimum atomic E-state index is -1.02. The number of hydrogen-bond acceptors (Lipinski definition) is 7. The van der Waals surface area contributed by atoms with Gasteiger partial charge < -0.3 is 34.7 Å². The third-order valence-electron chi connectivity index (χ3n) is 6.91. The maximum absolute atomic E-state index is 13.7. The van der Waals surface area contributed by atoms with Crippen LogP contribution in [-0.2, 0) is 23.9 Å². The first-order valence-electron chi connectivity index (χ1n) is 12.8. The van der Waals surface area contributed by atoms with Crippen molar-refractivity contribution in [3.8, 4) is 5.75 Å². The second kappa shape index (κ2) is 11.0. The zero-order chi connectivity index (χ0) is 27.6. The van der Waals surface area contributed by atoms with Gasteiger partial charge in [-0.3, -0.25) is 14.4 Å². The molecule has 11 nitrogen and oxygen atoms in total. The summed E-state index contributed by atoms with van der Waals surface area (Å²) in [5.41, 5.74) is 0.561. The highest BCUT2D eigenvalue weighted by Crippen LogP contribution is 2.30. The van der Waals surface area contributed by atoms with E-state index in [4.69, 9.17) is 14.2 Å². The fraction of sp³-hybridized carbons (Fsp3) is 0.556. The number of fused-ring (bicyclic) bond motifs is 1. The van der Waals surface area contributed by atoms with Crippen LogP contribution in [0.3, 0.4) is 0 Å². The third-order valence-corrected chi connectivity index (χ3v) is 6.91. The molecule has 0 aliphatic carbocycles. The Morgan fingerprint density at radius 3 is 2.61 bits per heavy atom. The minimum Gasteiger partial charge on any atom is -0.496 e. The molecule has 3 amide bonds. The molecule has 11 heteroatoms. The summed E-state index contributed by atoms with van der Waals surface area (Å²) < 4.78 is 16.5. The van der Waals surface area contributed by atoms with E-state index in [0.717, 1.165) is 10.9 Å². The number of carbonyl (C=O) groups excluding carboxylic acids is 4. The molecule has 2 aromatic rings. The molecule has 2 aliphatic heterocycles.